The van der Waals surface area contributed by atoms with Gasteiger partial charge in [0.1, 0.15) is 5.82 Å². The number of nitrogens with one attached hydrogen (secondary N) is 2. The van der Waals surface area contributed by atoms with Crippen LogP contribution in [0.1, 0.15) is 18.5 Å². The Hall–Kier alpha value is -2.18. The second-order valence-corrected chi connectivity index (χ2v) is 5.92. The van der Waals surface area contributed by atoms with Gasteiger partial charge in [-0.2, -0.15) is 4.98 Å². The first-order chi connectivity index (χ1) is 11.8. The van der Waals surface area contributed by atoms with E-state index in [2.05, 4.69) is 44.6 Å². The molecule has 128 valence electrons. The first-order valence-corrected chi connectivity index (χ1v) is 8.50. The fraction of sp³-hybridized carbons (Fsp3) is 0.444. The van der Waals surface area contributed by atoms with Gasteiger partial charge in [0.25, 0.3) is 0 Å². The van der Waals surface area contributed by atoms with Crippen LogP contribution in [-0.2, 0) is 4.74 Å². The average molecular weight is 327 g/mol. The number of nitrogens with zero attached hydrogens (tertiary/aromatic N) is 3. The topological polar surface area (TPSA) is 62.3 Å². The summed E-state index contributed by atoms with van der Waals surface area (Å²) < 4.78 is 5.36. The van der Waals surface area contributed by atoms with Crippen LogP contribution in [0, 0.1) is 0 Å². The number of benzene rings is 1. The summed E-state index contributed by atoms with van der Waals surface area (Å²) in [5.41, 5.74) is 1.21. The van der Waals surface area contributed by atoms with Crippen molar-refractivity contribution < 1.29 is 4.74 Å². The summed E-state index contributed by atoms with van der Waals surface area (Å²) in [5, 5.41) is 6.72. The van der Waals surface area contributed by atoms with E-state index in [0.29, 0.717) is 5.95 Å². The molecule has 0 spiro atoms. The van der Waals surface area contributed by atoms with Crippen LogP contribution in [0.4, 0.5) is 11.8 Å². The molecule has 0 bridgehead atoms. The summed E-state index contributed by atoms with van der Waals surface area (Å²) >= 11 is 0. The van der Waals surface area contributed by atoms with Gasteiger partial charge in [-0.05, 0) is 18.6 Å². The summed E-state index contributed by atoms with van der Waals surface area (Å²) in [6, 6.07) is 12.4. The molecule has 1 aromatic carbocycles. The van der Waals surface area contributed by atoms with Gasteiger partial charge in [-0.3, -0.25) is 4.90 Å². The fourth-order valence-corrected chi connectivity index (χ4v) is 2.71. The minimum absolute atomic E-state index is 0.162. The predicted octanol–water partition coefficient (Wildman–Crippen LogP) is 2.39. The lowest BCUT2D eigenvalue weighted by atomic mass is 10.1. The maximum absolute atomic E-state index is 5.36. The lowest BCUT2D eigenvalue weighted by molar-refractivity contribution is 0.0398. The summed E-state index contributed by atoms with van der Waals surface area (Å²) in [6.45, 7) is 7.65. The van der Waals surface area contributed by atoms with Gasteiger partial charge < -0.3 is 15.4 Å². The van der Waals surface area contributed by atoms with Crippen molar-refractivity contribution in [1.82, 2.24) is 14.9 Å². The average Bonchev–Trinajstić information content (AvgIpc) is 2.64. The molecule has 0 radical (unpaired) electrons. The quantitative estimate of drug-likeness (QED) is 0.814. The van der Waals surface area contributed by atoms with Gasteiger partial charge in [0.15, 0.2) is 0 Å². The Bertz CT molecular complexity index is 616. The van der Waals surface area contributed by atoms with Gasteiger partial charge in [-0.1, -0.05) is 30.3 Å². The van der Waals surface area contributed by atoms with Crippen molar-refractivity contribution >= 4 is 11.8 Å². The van der Waals surface area contributed by atoms with E-state index < -0.39 is 0 Å². The van der Waals surface area contributed by atoms with Crippen molar-refractivity contribution in [3.63, 3.8) is 0 Å². The third kappa shape index (κ3) is 4.91. The minimum Gasteiger partial charge on any atom is -0.379 e. The molecule has 24 heavy (non-hydrogen) atoms. The highest BCUT2D eigenvalue weighted by atomic mass is 16.5. The molecule has 0 amide bonds. The minimum atomic E-state index is 0.162. The van der Waals surface area contributed by atoms with Gasteiger partial charge in [-0.25, -0.2) is 4.98 Å². The van der Waals surface area contributed by atoms with Crippen LogP contribution in [0.25, 0.3) is 0 Å². The van der Waals surface area contributed by atoms with Crippen molar-refractivity contribution in [3.05, 3.63) is 48.2 Å². The van der Waals surface area contributed by atoms with E-state index in [-0.39, 0.29) is 6.04 Å². The number of rotatable bonds is 7. The number of aromatic nitrogens is 2. The Morgan fingerprint density at radius 1 is 1.17 bits per heavy atom. The van der Waals surface area contributed by atoms with Gasteiger partial charge in [0, 0.05) is 32.4 Å². The van der Waals surface area contributed by atoms with Gasteiger partial charge in [-0.15, -0.1) is 0 Å². The molecule has 0 saturated carbocycles. The standard InChI is InChI=1S/C18H25N5O/c1-15(16-5-3-2-4-6-16)21-18-20-8-7-17(22-18)19-9-10-23-11-13-24-14-12-23/h2-8,15H,9-14H2,1H3,(H2,19,20,21,22). The molecule has 2 heterocycles. The van der Waals surface area contributed by atoms with Crippen LogP contribution in [0.5, 0.6) is 0 Å². The zero-order valence-electron chi connectivity index (χ0n) is 14.1. The first-order valence-electron chi connectivity index (χ1n) is 8.50. The van der Waals surface area contributed by atoms with Gasteiger partial charge >= 0.3 is 0 Å². The van der Waals surface area contributed by atoms with Crippen LogP contribution in [0.2, 0.25) is 0 Å². The molecule has 6 heteroatoms. The molecule has 1 saturated heterocycles. The molecule has 2 N–H and O–H groups in total. The zero-order chi connectivity index (χ0) is 16.6. The summed E-state index contributed by atoms with van der Waals surface area (Å²) in [6.07, 6.45) is 1.78. The summed E-state index contributed by atoms with van der Waals surface area (Å²) in [5.74, 6) is 1.49. The van der Waals surface area contributed by atoms with Crippen LogP contribution in [0.15, 0.2) is 42.6 Å². The molecule has 1 aliphatic rings. The molecule has 1 unspecified atom stereocenters. The van der Waals surface area contributed by atoms with Gasteiger partial charge in [0.2, 0.25) is 5.95 Å². The van der Waals surface area contributed by atoms with E-state index in [9.17, 15) is 0 Å². The molecule has 1 fully saturated rings. The number of hydrogen-bond acceptors (Lipinski definition) is 6. The zero-order valence-corrected chi connectivity index (χ0v) is 14.1. The number of hydrogen-bond donors (Lipinski definition) is 2. The largest absolute Gasteiger partial charge is 0.379 e. The van der Waals surface area contributed by atoms with Crippen LogP contribution in [0.3, 0.4) is 0 Å². The van der Waals surface area contributed by atoms with E-state index in [1.165, 1.54) is 5.56 Å². The second-order valence-electron chi connectivity index (χ2n) is 5.92. The lowest BCUT2D eigenvalue weighted by Crippen LogP contribution is -2.39. The van der Waals surface area contributed by atoms with E-state index in [1.807, 2.05) is 24.3 Å². The highest BCUT2D eigenvalue weighted by Gasteiger charge is 2.10. The Morgan fingerprint density at radius 3 is 2.75 bits per heavy atom. The number of anilines is 2. The van der Waals surface area contributed by atoms with E-state index >= 15 is 0 Å². The molecule has 3 rings (SSSR count). The smallest absolute Gasteiger partial charge is 0.225 e. The Kier molecular flexibility index (Phi) is 5.98. The van der Waals surface area contributed by atoms with Crippen molar-refractivity contribution in [2.45, 2.75) is 13.0 Å². The van der Waals surface area contributed by atoms with Crippen molar-refractivity contribution in [2.24, 2.45) is 0 Å². The summed E-state index contributed by atoms with van der Waals surface area (Å²) in [4.78, 5) is 11.3. The second kappa shape index (κ2) is 8.61. The van der Waals surface area contributed by atoms with Gasteiger partial charge in [0.05, 0.1) is 19.3 Å². The van der Waals surface area contributed by atoms with Crippen molar-refractivity contribution in [2.75, 3.05) is 50.0 Å². The molecule has 2 aromatic rings. The van der Waals surface area contributed by atoms with Crippen LogP contribution in [-0.4, -0.2) is 54.3 Å². The number of ether oxygens (including phenoxy) is 1. The maximum Gasteiger partial charge on any atom is 0.225 e. The summed E-state index contributed by atoms with van der Waals surface area (Å²) in [7, 11) is 0. The van der Waals surface area contributed by atoms with Crippen LogP contribution < -0.4 is 10.6 Å². The highest BCUT2D eigenvalue weighted by Crippen LogP contribution is 2.16. The van der Waals surface area contributed by atoms with E-state index in [0.717, 1.165) is 45.2 Å². The molecular formula is C18H25N5O. The molecule has 1 atom stereocenters. The molecule has 1 aromatic heterocycles. The fourth-order valence-electron chi connectivity index (χ4n) is 2.71. The van der Waals surface area contributed by atoms with E-state index in [4.69, 9.17) is 4.74 Å². The Labute approximate surface area is 143 Å². The monoisotopic (exact) mass is 327 g/mol. The van der Waals surface area contributed by atoms with Crippen LogP contribution >= 0.6 is 0 Å². The Balaban J connectivity index is 1.50. The first kappa shape index (κ1) is 16.7. The predicted molar refractivity (Wildman–Crippen MR) is 96.3 cm³/mol. The molecule has 1 aliphatic heterocycles. The third-order valence-corrected chi connectivity index (χ3v) is 4.14. The highest BCUT2D eigenvalue weighted by molar-refractivity contribution is 5.41. The lowest BCUT2D eigenvalue weighted by Gasteiger charge is -2.26. The number of morpholine rings is 1. The molecule has 0 aliphatic carbocycles. The van der Waals surface area contributed by atoms with E-state index in [1.54, 1.807) is 6.20 Å². The SMILES string of the molecule is CC(Nc1nccc(NCCN2CCOCC2)n1)c1ccccc1. The van der Waals surface area contributed by atoms with Crippen molar-refractivity contribution in [3.8, 4) is 0 Å². The molecule has 6 nitrogen and oxygen atoms in total. The molecular weight excluding hydrogens is 302 g/mol. The maximum atomic E-state index is 5.36. The van der Waals surface area contributed by atoms with Crippen molar-refractivity contribution in [1.29, 1.82) is 0 Å². The third-order valence-electron chi connectivity index (χ3n) is 4.14. The normalized spacial score (nSPS) is 16.5. The Morgan fingerprint density at radius 2 is 1.96 bits per heavy atom.